The van der Waals surface area contributed by atoms with Crippen molar-refractivity contribution in [2.45, 2.75) is 25.7 Å². The Kier molecular flexibility index (Phi) is 3.19. The second-order valence-corrected chi connectivity index (χ2v) is 4.24. The molecule has 4 nitrogen and oxygen atoms in total. The highest BCUT2D eigenvalue weighted by atomic mass is 35.5. The van der Waals surface area contributed by atoms with Crippen LogP contribution in [0.1, 0.15) is 41.7 Å². The van der Waals surface area contributed by atoms with Crippen LogP contribution in [0, 0.1) is 5.82 Å². The van der Waals surface area contributed by atoms with Crippen LogP contribution in [-0.2, 0) is 4.74 Å². The van der Waals surface area contributed by atoms with E-state index < -0.39 is 11.8 Å². The highest BCUT2D eigenvalue weighted by Crippen LogP contribution is 2.43. The highest BCUT2D eigenvalue weighted by molar-refractivity contribution is 6.30. The smallest absolute Gasteiger partial charge is 0.342 e. The second-order valence-electron chi connectivity index (χ2n) is 3.89. The van der Waals surface area contributed by atoms with Crippen molar-refractivity contribution in [1.29, 1.82) is 0 Å². The number of nitrogens with zero attached hydrogens (tertiary/aromatic N) is 1. The average molecular weight is 259 g/mol. The number of anilines is 1. The van der Waals surface area contributed by atoms with Gasteiger partial charge in [0.05, 0.1) is 18.0 Å². The number of carbonyl (C=O) groups excluding carboxylic acids is 1. The first-order valence-electron chi connectivity index (χ1n) is 5.37. The van der Waals surface area contributed by atoms with Crippen molar-refractivity contribution in [2.75, 3.05) is 12.3 Å². The Morgan fingerprint density at radius 3 is 2.82 bits per heavy atom. The minimum Gasteiger partial charge on any atom is -0.462 e. The van der Waals surface area contributed by atoms with Crippen LogP contribution in [0.5, 0.6) is 0 Å². The third kappa shape index (κ3) is 2.20. The molecule has 1 aliphatic carbocycles. The minimum atomic E-state index is -0.862. The van der Waals surface area contributed by atoms with Gasteiger partial charge in [0.15, 0.2) is 11.0 Å². The summed E-state index contributed by atoms with van der Waals surface area (Å²) in [6.45, 7) is 1.87. The van der Waals surface area contributed by atoms with Crippen LogP contribution in [0.15, 0.2) is 0 Å². The van der Waals surface area contributed by atoms with Gasteiger partial charge in [0.1, 0.15) is 5.56 Å². The fourth-order valence-corrected chi connectivity index (χ4v) is 1.83. The van der Waals surface area contributed by atoms with E-state index in [1.165, 1.54) is 0 Å². The van der Waals surface area contributed by atoms with Crippen LogP contribution in [0.3, 0.4) is 0 Å². The average Bonchev–Trinajstić information content (AvgIpc) is 3.09. The van der Waals surface area contributed by atoms with Gasteiger partial charge >= 0.3 is 5.97 Å². The molecule has 1 fully saturated rings. The van der Waals surface area contributed by atoms with E-state index in [1.807, 2.05) is 0 Å². The van der Waals surface area contributed by atoms with Crippen LogP contribution in [0.25, 0.3) is 0 Å². The number of aromatic nitrogens is 1. The lowest BCUT2D eigenvalue weighted by Gasteiger charge is -2.11. The third-order valence-electron chi connectivity index (χ3n) is 2.61. The van der Waals surface area contributed by atoms with E-state index in [0.717, 1.165) is 12.8 Å². The van der Waals surface area contributed by atoms with E-state index >= 15 is 0 Å². The highest BCUT2D eigenvalue weighted by Gasteiger charge is 2.33. The summed E-state index contributed by atoms with van der Waals surface area (Å²) in [6, 6.07) is 0. The molecule has 1 saturated carbocycles. The monoisotopic (exact) mass is 258 g/mol. The van der Waals surface area contributed by atoms with Gasteiger partial charge in [-0.1, -0.05) is 11.6 Å². The number of hydrogen-bond donors (Lipinski definition) is 1. The molecule has 1 aromatic heterocycles. The number of nitrogens with two attached hydrogens (primary N) is 1. The van der Waals surface area contributed by atoms with E-state index in [0.29, 0.717) is 5.69 Å². The fourth-order valence-electron chi connectivity index (χ4n) is 1.64. The van der Waals surface area contributed by atoms with Crippen molar-refractivity contribution >= 4 is 23.3 Å². The maximum Gasteiger partial charge on any atom is 0.342 e. The SMILES string of the molecule is CCOC(=O)c1c(C2CC2)nc(Cl)c(F)c1N. The van der Waals surface area contributed by atoms with Crippen LogP contribution in [-0.4, -0.2) is 17.6 Å². The number of ether oxygens (including phenoxy) is 1. The van der Waals surface area contributed by atoms with Crippen molar-refractivity contribution in [3.8, 4) is 0 Å². The number of rotatable bonds is 3. The van der Waals surface area contributed by atoms with Gasteiger partial charge in [-0.2, -0.15) is 0 Å². The van der Waals surface area contributed by atoms with Gasteiger partial charge in [-0.05, 0) is 19.8 Å². The van der Waals surface area contributed by atoms with Gasteiger partial charge in [-0.3, -0.25) is 0 Å². The number of pyridine rings is 1. The number of esters is 1. The molecule has 0 unspecified atom stereocenters. The van der Waals surface area contributed by atoms with Gasteiger partial charge in [0.25, 0.3) is 0 Å². The molecule has 1 aliphatic rings. The van der Waals surface area contributed by atoms with E-state index in [4.69, 9.17) is 22.1 Å². The van der Waals surface area contributed by atoms with Gasteiger partial charge in [0.2, 0.25) is 0 Å². The first kappa shape index (κ1) is 12.1. The van der Waals surface area contributed by atoms with Crippen LogP contribution in [0.4, 0.5) is 10.1 Å². The molecule has 0 amide bonds. The zero-order chi connectivity index (χ0) is 12.6. The molecule has 0 aromatic carbocycles. The molecule has 0 saturated heterocycles. The van der Waals surface area contributed by atoms with Crippen LogP contribution in [0.2, 0.25) is 5.15 Å². The van der Waals surface area contributed by atoms with Gasteiger partial charge < -0.3 is 10.5 Å². The predicted molar refractivity (Wildman–Crippen MR) is 61.5 cm³/mol. The minimum absolute atomic E-state index is 0.0243. The quantitative estimate of drug-likeness (QED) is 0.668. The molecule has 0 radical (unpaired) electrons. The molecule has 2 rings (SSSR count). The molecular weight excluding hydrogens is 247 g/mol. The summed E-state index contributed by atoms with van der Waals surface area (Å²) in [4.78, 5) is 15.6. The summed E-state index contributed by atoms with van der Waals surface area (Å²) in [5, 5.41) is -0.294. The summed E-state index contributed by atoms with van der Waals surface area (Å²) in [5.74, 6) is -1.37. The first-order valence-corrected chi connectivity index (χ1v) is 5.75. The number of nitrogen functional groups attached to an aromatic ring is 1. The maximum atomic E-state index is 13.5. The third-order valence-corrected chi connectivity index (χ3v) is 2.86. The molecule has 92 valence electrons. The number of halogens is 2. The largest absolute Gasteiger partial charge is 0.462 e. The molecule has 2 N–H and O–H groups in total. The van der Waals surface area contributed by atoms with Gasteiger partial charge in [-0.25, -0.2) is 14.2 Å². The summed E-state index contributed by atoms with van der Waals surface area (Å²) in [6.07, 6.45) is 1.81. The fraction of sp³-hybridized carbons (Fsp3) is 0.455. The van der Waals surface area contributed by atoms with Crippen molar-refractivity contribution in [2.24, 2.45) is 0 Å². The molecule has 0 atom stereocenters. The number of carbonyl (C=O) groups is 1. The lowest BCUT2D eigenvalue weighted by atomic mass is 10.1. The van der Waals surface area contributed by atoms with Gasteiger partial charge in [0, 0.05) is 5.92 Å². The van der Waals surface area contributed by atoms with Crippen molar-refractivity contribution in [1.82, 2.24) is 4.98 Å². The molecular formula is C11H12ClFN2O2. The lowest BCUT2D eigenvalue weighted by molar-refractivity contribution is 0.0525. The molecule has 0 aliphatic heterocycles. The zero-order valence-electron chi connectivity index (χ0n) is 9.30. The predicted octanol–water partition coefficient (Wildman–Crippen LogP) is 2.51. The summed E-state index contributed by atoms with van der Waals surface area (Å²) in [7, 11) is 0. The Morgan fingerprint density at radius 2 is 2.29 bits per heavy atom. The van der Waals surface area contributed by atoms with Crippen molar-refractivity contribution < 1.29 is 13.9 Å². The lowest BCUT2D eigenvalue weighted by Crippen LogP contribution is -2.14. The van der Waals surface area contributed by atoms with Crippen molar-refractivity contribution in [3.05, 3.63) is 22.2 Å². The molecule has 6 heteroatoms. The van der Waals surface area contributed by atoms with Gasteiger partial charge in [-0.15, -0.1) is 0 Å². The summed E-state index contributed by atoms with van der Waals surface area (Å²) < 4.78 is 18.4. The Bertz CT molecular complexity index is 475. The summed E-state index contributed by atoms with van der Waals surface area (Å²) in [5.41, 5.74) is 5.78. The maximum absolute atomic E-state index is 13.5. The molecule has 17 heavy (non-hydrogen) atoms. The molecule has 0 spiro atoms. The van der Waals surface area contributed by atoms with E-state index in [1.54, 1.807) is 6.92 Å². The van der Waals surface area contributed by atoms with Crippen molar-refractivity contribution in [3.63, 3.8) is 0 Å². The second kappa shape index (κ2) is 4.49. The summed E-state index contributed by atoms with van der Waals surface area (Å²) >= 11 is 5.63. The first-order chi connectivity index (χ1) is 8.06. The van der Waals surface area contributed by atoms with E-state index in [9.17, 15) is 9.18 Å². The zero-order valence-corrected chi connectivity index (χ0v) is 10.1. The Hall–Kier alpha value is -1.36. The Morgan fingerprint density at radius 1 is 1.65 bits per heavy atom. The van der Waals surface area contributed by atoms with E-state index in [2.05, 4.69) is 4.98 Å². The van der Waals surface area contributed by atoms with Crippen LogP contribution < -0.4 is 5.73 Å². The Labute approximate surface area is 103 Å². The van der Waals surface area contributed by atoms with E-state index in [-0.39, 0.29) is 28.9 Å². The molecule has 1 aromatic rings. The normalized spacial score (nSPS) is 14.8. The topological polar surface area (TPSA) is 65.2 Å². The number of hydrogen-bond acceptors (Lipinski definition) is 4. The molecule has 1 heterocycles. The Balaban J connectivity index is 2.53. The van der Waals surface area contributed by atoms with Crippen LogP contribution >= 0.6 is 11.6 Å². The molecule has 0 bridgehead atoms. The standard InChI is InChI=1S/C11H12ClFN2O2/c1-2-17-11(16)6-8(14)7(13)10(12)15-9(6)5-3-4-5/h5H,2-4H2,1H3,(H2,14,15).